The van der Waals surface area contributed by atoms with Crippen LogP contribution in [0.15, 0.2) is 53.0 Å². The minimum Gasteiger partial charge on any atom is -0.298 e. The molecule has 2 aromatic carbocycles. The van der Waals surface area contributed by atoms with Crippen molar-refractivity contribution < 1.29 is 9.59 Å². The maximum Gasteiger partial charge on any atom is 0.263 e. The fourth-order valence-corrected chi connectivity index (χ4v) is 3.01. The molecule has 0 amide bonds. The van der Waals surface area contributed by atoms with Crippen LogP contribution < -0.4 is 0 Å². The van der Waals surface area contributed by atoms with Crippen LogP contribution in [0, 0.1) is 6.92 Å². The molecule has 0 bridgehead atoms. The SMILES string of the molecule is Cc1c(C=O)c2ccccc2n1C(=O)c1ccccc1Br. The zero-order valence-electron chi connectivity index (χ0n) is 11.3. The summed E-state index contributed by atoms with van der Waals surface area (Å²) in [6, 6.07) is 14.7. The second-order valence-electron chi connectivity index (χ2n) is 4.75. The van der Waals surface area contributed by atoms with Crippen LogP contribution in [0.4, 0.5) is 0 Å². The van der Waals surface area contributed by atoms with E-state index < -0.39 is 0 Å². The Labute approximate surface area is 130 Å². The van der Waals surface area contributed by atoms with Gasteiger partial charge in [-0.1, -0.05) is 30.3 Å². The number of halogens is 1. The van der Waals surface area contributed by atoms with E-state index in [2.05, 4.69) is 15.9 Å². The average molecular weight is 342 g/mol. The van der Waals surface area contributed by atoms with Crippen LogP contribution >= 0.6 is 15.9 Å². The van der Waals surface area contributed by atoms with Crippen molar-refractivity contribution in [1.82, 2.24) is 4.57 Å². The van der Waals surface area contributed by atoms with Crippen LogP contribution in [0.5, 0.6) is 0 Å². The highest BCUT2D eigenvalue weighted by Gasteiger charge is 2.20. The summed E-state index contributed by atoms with van der Waals surface area (Å²) in [5.74, 6) is -0.149. The number of carbonyl (C=O) groups excluding carboxylic acids is 2. The lowest BCUT2D eigenvalue weighted by Crippen LogP contribution is -2.14. The summed E-state index contributed by atoms with van der Waals surface area (Å²) in [6.45, 7) is 1.79. The molecule has 0 aliphatic heterocycles. The molecule has 0 saturated carbocycles. The maximum absolute atomic E-state index is 12.8. The Morgan fingerprint density at radius 1 is 1.10 bits per heavy atom. The fraction of sp³-hybridized carbons (Fsp3) is 0.0588. The Balaban J connectivity index is 2.31. The lowest BCUT2D eigenvalue weighted by molar-refractivity contribution is 0.0962. The first-order valence-electron chi connectivity index (χ1n) is 6.49. The van der Waals surface area contributed by atoms with Crippen LogP contribution in [0.2, 0.25) is 0 Å². The first-order valence-corrected chi connectivity index (χ1v) is 7.29. The van der Waals surface area contributed by atoms with Crippen LogP contribution in [0.25, 0.3) is 10.9 Å². The third-order valence-electron chi connectivity index (χ3n) is 3.59. The topological polar surface area (TPSA) is 39.1 Å². The van der Waals surface area contributed by atoms with Gasteiger partial charge in [-0.15, -0.1) is 0 Å². The standard InChI is InChI=1S/C17H12BrNO2/c1-11-14(10-20)12-6-3-5-9-16(12)19(11)17(21)13-7-2-4-8-15(13)18/h2-10H,1H3. The summed E-state index contributed by atoms with van der Waals surface area (Å²) in [4.78, 5) is 24.2. The van der Waals surface area contributed by atoms with E-state index >= 15 is 0 Å². The molecule has 1 aromatic heterocycles. The minimum atomic E-state index is -0.149. The molecule has 0 aliphatic rings. The molecule has 0 atom stereocenters. The third kappa shape index (κ3) is 2.12. The quantitative estimate of drug-likeness (QED) is 0.655. The van der Waals surface area contributed by atoms with E-state index in [4.69, 9.17) is 0 Å². The molecule has 0 saturated heterocycles. The van der Waals surface area contributed by atoms with Gasteiger partial charge in [0.15, 0.2) is 6.29 Å². The van der Waals surface area contributed by atoms with E-state index in [1.54, 1.807) is 17.6 Å². The van der Waals surface area contributed by atoms with E-state index in [0.717, 1.165) is 21.7 Å². The van der Waals surface area contributed by atoms with Crippen LogP contribution in [0.3, 0.4) is 0 Å². The number of nitrogens with zero attached hydrogens (tertiary/aromatic N) is 1. The van der Waals surface area contributed by atoms with Crippen molar-refractivity contribution in [3.8, 4) is 0 Å². The van der Waals surface area contributed by atoms with Crippen molar-refractivity contribution in [2.24, 2.45) is 0 Å². The summed E-state index contributed by atoms with van der Waals surface area (Å²) in [6.07, 6.45) is 0.807. The van der Waals surface area contributed by atoms with Gasteiger partial charge in [0.05, 0.1) is 11.1 Å². The first kappa shape index (κ1) is 13.8. The van der Waals surface area contributed by atoms with Crippen molar-refractivity contribution in [1.29, 1.82) is 0 Å². The lowest BCUT2D eigenvalue weighted by atomic mass is 10.1. The number of para-hydroxylation sites is 1. The van der Waals surface area contributed by atoms with E-state index in [-0.39, 0.29) is 5.91 Å². The van der Waals surface area contributed by atoms with Gasteiger partial charge in [-0.3, -0.25) is 14.2 Å². The summed E-state index contributed by atoms with van der Waals surface area (Å²) in [5.41, 5.74) is 2.54. The minimum absolute atomic E-state index is 0.149. The maximum atomic E-state index is 12.8. The summed E-state index contributed by atoms with van der Waals surface area (Å²) in [7, 11) is 0. The Morgan fingerprint density at radius 2 is 1.76 bits per heavy atom. The van der Waals surface area contributed by atoms with Crippen LogP contribution in [-0.4, -0.2) is 16.8 Å². The van der Waals surface area contributed by atoms with Crippen molar-refractivity contribution >= 4 is 39.0 Å². The molecule has 0 N–H and O–H groups in total. The second kappa shape index (κ2) is 5.30. The molecule has 3 nitrogen and oxygen atoms in total. The number of aldehydes is 1. The van der Waals surface area contributed by atoms with Crippen molar-refractivity contribution in [2.45, 2.75) is 6.92 Å². The van der Waals surface area contributed by atoms with E-state index in [1.807, 2.05) is 42.5 Å². The highest BCUT2D eigenvalue weighted by molar-refractivity contribution is 9.10. The van der Waals surface area contributed by atoms with Crippen molar-refractivity contribution in [3.05, 3.63) is 69.8 Å². The van der Waals surface area contributed by atoms with Gasteiger partial charge in [-0.2, -0.15) is 0 Å². The van der Waals surface area contributed by atoms with E-state index in [9.17, 15) is 9.59 Å². The zero-order valence-corrected chi connectivity index (χ0v) is 12.9. The van der Waals surface area contributed by atoms with Crippen LogP contribution in [-0.2, 0) is 0 Å². The number of aromatic nitrogens is 1. The van der Waals surface area contributed by atoms with Gasteiger partial charge in [0.2, 0.25) is 0 Å². The molecule has 0 aliphatic carbocycles. The molecular formula is C17H12BrNO2. The summed E-state index contributed by atoms with van der Waals surface area (Å²) >= 11 is 3.40. The molecule has 0 unspecified atom stereocenters. The van der Waals surface area contributed by atoms with Gasteiger partial charge in [0.25, 0.3) is 5.91 Å². The number of carbonyl (C=O) groups is 2. The molecule has 21 heavy (non-hydrogen) atoms. The van der Waals surface area contributed by atoms with Gasteiger partial charge >= 0.3 is 0 Å². The molecular weight excluding hydrogens is 330 g/mol. The monoisotopic (exact) mass is 341 g/mol. The van der Waals surface area contributed by atoms with Gasteiger partial charge in [0.1, 0.15) is 0 Å². The molecule has 0 fully saturated rings. The lowest BCUT2D eigenvalue weighted by Gasteiger charge is -2.08. The number of hydrogen-bond acceptors (Lipinski definition) is 2. The molecule has 3 aromatic rings. The Bertz CT molecular complexity index is 864. The van der Waals surface area contributed by atoms with Crippen LogP contribution in [0.1, 0.15) is 26.4 Å². The van der Waals surface area contributed by atoms with Crippen molar-refractivity contribution in [2.75, 3.05) is 0 Å². The molecule has 3 rings (SSSR count). The van der Waals surface area contributed by atoms with E-state index in [0.29, 0.717) is 16.8 Å². The molecule has 104 valence electrons. The number of fused-ring (bicyclic) bond motifs is 1. The highest BCUT2D eigenvalue weighted by atomic mass is 79.9. The van der Waals surface area contributed by atoms with Gasteiger partial charge in [-0.05, 0) is 41.1 Å². The average Bonchev–Trinajstić information content (AvgIpc) is 2.78. The number of benzene rings is 2. The number of rotatable bonds is 2. The summed E-state index contributed by atoms with van der Waals surface area (Å²) < 4.78 is 2.33. The Kier molecular flexibility index (Phi) is 3.47. The predicted octanol–water partition coefficient (Wildman–Crippen LogP) is 4.21. The smallest absolute Gasteiger partial charge is 0.263 e. The van der Waals surface area contributed by atoms with Gasteiger partial charge in [0, 0.05) is 21.1 Å². The van der Waals surface area contributed by atoms with Gasteiger partial charge < -0.3 is 0 Å². The Hall–Kier alpha value is -2.20. The summed E-state index contributed by atoms with van der Waals surface area (Å²) in [5, 5.41) is 0.797. The largest absolute Gasteiger partial charge is 0.298 e. The third-order valence-corrected chi connectivity index (χ3v) is 4.28. The first-order chi connectivity index (χ1) is 10.1. The molecule has 0 spiro atoms. The number of hydrogen-bond donors (Lipinski definition) is 0. The predicted molar refractivity (Wildman–Crippen MR) is 85.9 cm³/mol. The van der Waals surface area contributed by atoms with Gasteiger partial charge in [-0.25, -0.2) is 0 Å². The second-order valence-corrected chi connectivity index (χ2v) is 5.61. The Morgan fingerprint density at radius 3 is 2.48 bits per heavy atom. The molecule has 4 heteroatoms. The van der Waals surface area contributed by atoms with E-state index in [1.165, 1.54) is 0 Å². The highest BCUT2D eigenvalue weighted by Crippen LogP contribution is 2.27. The van der Waals surface area contributed by atoms with Crippen molar-refractivity contribution in [3.63, 3.8) is 0 Å². The fourth-order valence-electron chi connectivity index (χ4n) is 2.56. The molecule has 1 heterocycles. The zero-order chi connectivity index (χ0) is 15.0. The molecule has 0 radical (unpaired) electrons. The normalized spacial score (nSPS) is 10.8.